The molecule has 1 aromatic carbocycles. The Kier molecular flexibility index (Phi) is 5.22. The molecule has 0 saturated carbocycles. The van der Waals surface area contributed by atoms with E-state index in [1.165, 1.54) is 24.4 Å². The van der Waals surface area contributed by atoms with Gasteiger partial charge in [0, 0.05) is 25.7 Å². The van der Waals surface area contributed by atoms with Gasteiger partial charge >= 0.3 is 0 Å². The molecule has 0 atom stereocenters. The highest BCUT2D eigenvalue weighted by molar-refractivity contribution is 5.46. The van der Waals surface area contributed by atoms with Crippen molar-refractivity contribution < 1.29 is 8.78 Å². The Morgan fingerprint density at radius 2 is 1.86 bits per heavy atom. The molecule has 0 aliphatic heterocycles. The van der Waals surface area contributed by atoms with Gasteiger partial charge in [0.05, 0.1) is 6.20 Å². The first-order chi connectivity index (χ1) is 10.1. The first kappa shape index (κ1) is 15.4. The fourth-order valence-corrected chi connectivity index (χ4v) is 2.15. The van der Waals surface area contributed by atoms with Crippen LogP contribution in [0.3, 0.4) is 0 Å². The second-order valence-electron chi connectivity index (χ2n) is 4.90. The van der Waals surface area contributed by atoms with Crippen molar-refractivity contribution in [1.29, 1.82) is 0 Å². The van der Waals surface area contributed by atoms with E-state index < -0.39 is 0 Å². The highest BCUT2D eigenvalue weighted by Crippen LogP contribution is 2.19. The van der Waals surface area contributed by atoms with Crippen LogP contribution in [0.1, 0.15) is 18.1 Å². The lowest BCUT2D eigenvalue weighted by Gasteiger charge is -2.21. The fraction of sp³-hybridized carbons (Fsp3) is 0.312. The van der Waals surface area contributed by atoms with E-state index in [4.69, 9.17) is 0 Å². The van der Waals surface area contributed by atoms with Crippen LogP contribution in [0.15, 0.2) is 36.5 Å². The Morgan fingerprint density at radius 1 is 1.14 bits per heavy atom. The van der Waals surface area contributed by atoms with Crippen molar-refractivity contribution in [1.82, 2.24) is 10.3 Å². The lowest BCUT2D eigenvalue weighted by Crippen LogP contribution is -2.22. The van der Waals surface area contributed by atoms with Gasteiger partial charge in [-0.1, -0.05) is 19.1 Å². The van der Waals surface area contributed by atoms with Crippen LogP contribution in [0.2, 0.25) is 0 Å². The molecule has 0 amide bonds. The molecule has 1 aromatic heterocycles. The highest BCUT2D eigenvalue weighted by atomic mass is 19.1. The molecular formula is C16H19F2N3. The van der Waals surface area contributed by atoms with Crippen molar-refractivity contribution in [3.8, 4) is 0 Å². The molecule has 0 fully saturated rings. The Hall–Kier alpha value is -2.01. The minimum atomic E-state index is -0.346. The van der Waals surface area contributed by atoms with E-state index >= 15 is 0 Å². The van der Waals surface area contributed by atoms with E-state index in [2.05, 4.69) is 10.3 Å². The molecule has 112 valence electrons. The Bertz CT molecular complexity index is 585. The van der Waals surface area contributed by atoms with Crippen LogP contribution in [0, 0.1) is 11.6 Å². The maximum Gasteiger partial charge on any atom is 0.141 e. The van der Waals surface area contributed by atoms with Crippen LogP contribution in [0.4, 0.5) is 14.6 Å². The SMILES string of the molecule is CCNCc1cc(F)cnc1N(C)Cc1ccc(F)cc1. The zero-order chi connectivity index (χ0) is 15.2. The van der Waals surface area contributed by atoms with E-state index in [1.807, 2.05) is 18.9 Å². The van der Waals surface area contributed by atoms with Gasteiger partial charge in [0.15, 0.2) is 0 Å². The first-order valence-corrected chi connectivity index (χ1v) is 6.91. The summed E-state index contributed by atoms with van der Waals surface area (Å²) in [7, 11) is 1.89. The molecule has 0 unspecified atom stereocenters. The van der Waals surface area contributed by atoms with Gasteiger partial charge in [-0.3, -0.25) is 0 Å². The molecule has 0 spiro atoms. The Balaban J connectivity index is 2.17. The number of hydrogen-bond donors (Lipinski definition) is 1. The average Bonchev–Trinajstić information content (AvgIpc) is 2.47. The van der Waals surface area contributed by atoms with E-state index in [-0.39, 0.29) is 11.6 Å². The van der Waals surface area contributed by atoms with E-state index in [0.29, 0.717) is 13.1 Å². The average molecular weight is 291 g/mol. The molecule has 0 aliphatic carbocycles. The van der Waals surface area contributed by atoms with Crippen molar-refractivity contribution in [3.05, 3.63) is 59.3 Å². The van der Waals surface area contributed by atoms with Gasteiger partial charge in [0.25, 0.3) is 0 Å². The summed E-state index contributed by atoms with van der Waals surface area (Å²) in [6, 6.07) is 7.83. The summed E-state index contributed by atoms with van der Waals surface area (Å²) in [4.78, 5) is 6.11. The monoisotopic (exact) mass is 291 g/mol. The van der Waals surface area contributed by atoms with Crippen LogP contribution < -0.4 is 10.2 Å². The van der Waals surface area contributed by atoms with Gasteiger partial charge in [0.1, 0.15) is 17.5 Å². The molecule has 0 radical (unpaired) electrons. The van der Waals surface area contributed by atoms with Crippen LogP contribution in [-0.4, -0.2) is 18.6 Å². The molecule has 0 bridgehead atoms. The van der Waals surface area contributed by atoms with Gasteiger partial charge in [0.2, 0.25) is 0 Å². The fourth-order valence-electron chi connectivity index (χ4n) is 2.15. The first-order valence-electron chi connectivity index (χ1n) is 6.91. The minimum absolute atomic E-state index is 0.255. The van der Waals surface area contributed by atoms with Crippen LogP contribution >= 0.6 is 0 Å². The third-order valence-electron chi connectivity index (χ3n) is 3.17. The van der Waals surface area contributed by atoms with Gasteiger partial charge in [-0.2, -0.15) is 0 Å². The van der Waals surface area contributed by atoms with E-state index in [0.717, 1.165) is 23.5 Å². The summed E-state index contributed by atoms with van der Waals surface area (Å²) in [6.07, 6.45) is 1.21. The number of hydrogen-bond acceptors (Lipinski definition) is 3. The highest BCUT2D eigenvalue weighted by Gasteiger charge is 2.11. The standard InChI is InChI=1S/C16H19F2N3/c1-3-19-9-13-8-15(18)10-20-16(13)21(2)11-12-4-6-14(17)7-5-12/h4-8,10,19H,3,9,11H2,1-2H3. The molecule has 2 aromatic rings. The Labute approximate surface area is 123 Å². The normalized spacial score (nSPS) is 10.7. The summed E-state index contributed by atoms with van der Waals surface area (Å²) in [5, 5.41) is 3.18. The molecule has 1 N–H and O–H groups in total. The summed E-state index contributed by atoms with van der Waals surface area (Å²) in [5.74, 6) is 0.123. The number of nitrogens with zero attached hydrogens (tertiary/aromatic N) is 2. The predicted molar refractivity (Wildman–Crippen MR) is 80.1 cm³/mol. The molecular weight excluding hydrogens is 272 g/mol. The number of benzene rings is 1. The smallest absolute Gasteiger partial charge is 0.141 e. The van der Waals surface area contributed by atoms with E-state index in [9.17, 15) is 8.78 Å². The topological polar surface area (TPSA) is 28.2 Å². The van der Waals surface area contributed by atoms with Crippen molar-refractivity contribution in [3.63, 3.8) is 0 Å². The maximum absolute atomic E-state index is 13.4. The molecule has 1 heterocycles. The van der Waals surface area contributed by atoms with Gasteiger partial charge in [-0.25, -0.2) is 13.8 Å². The number of nitrogens with one attached hydrogen (secondary N) is 1. The second-order valence-corrected chi connectivity index (χ2v) is 4.90. The lowest BCUT2D eigenvalue weighted by atomic mass is 10.2. The van der Waals surface area contributed by atoms with E-state index in [1.54, 1.807) is 12.1 Å². The van der Waals surface area contributed by atoms with Gasteiger partial charge < -0.3 is 10.2 Å². The van der Waals surface area contributed by atoms with Gasteiger partial charge in [-0.05, 0) is 30.3 Å². The number of aromatic nitrogens is 1. The minimum Gasteiger partial charge on any atom is -0.355 e. The molecule has 0 saturated heterocycles. The summed E-state index contributed by atoms with van der Waals surface area (Å²) in [6.45, 7) is 3.94. The zero-order valence-electron chi connectivity index (χ0n) is 12.2. The van der Waals surface area contributed by atoms with Crippen molar-refractivity contribution in [2.75, 3.05) is 18.5 Å². The van der Waals surface area contributed by atoms with Crippen molar-refractivity contribution in [2.24, 2.45) is 0 Å². The quantitative estimate of drug-likeness (QED) is 0.886. The largest absolute Gasteiger partial charge is 0.355 e. The number of halogens is 2. The van der Waals surface area contributed by atoms with Crippen LogP contribution in [0.5, 0.6) is 0 Å². The third-order valence-corrected chi connectivity index (χ3v) is 3.17. The number of pyridine rings is 1. The molecule has 2 rings (SSSR count). The lowest BCUT2D eigenvalue weighted by molar-refractivity contribution is 0.613. The number of rotatable bonds is 6. The third kappa shape index (κ3) is 4.23. The summed E-state index contributed by atoms with van der Waals surface area (Å²) < 4.78 is 26.3. The Morgan fingerprint density at radius 3 is 2.52 bits per heavy atom. The van der Waals surface area contributed by atoms with Crippen molar-refractivity contribution in [2.45, 2.75) is 20.0 Å². The molecule has 0 aliphatic rings. The number of anilines is 1. The predicted octanol–water partition coefficient (Wildman–Crippen LogP) is 3.11. The maximum atomic E-state index is 13.4. The zero-order valence-corrected chi connectivity index (χ0v) is 12.2. The second kappa shape index (κ2) is 7.13. The summed E-state index contributed by atoms with van der Waals surface area (Å²) >= 11 is 0. The van der Waals surface area contributed by atoms with Crippen molar-refractivity contribution >= 4 is 5.82 Å². The van der Waals surface area contributed by atoms with Crippen LogP contribution in [-0.2, 0) is 13.1 Å². The van der Waals surface area contributed by atoms with Crippen LogP contribution in [0.25, 0.3) is 0 Å². The summed E-state index contributed by atoms with van der Waals surface area (Å²) in [5.41, 5.74) is 1.78. The molecule has 5 heteroatoms. The molecule has 21 heavy (non-hydrogen) atoms. The molecule has 3 nitrogen and oxygen atoms in total. The van der Waals surface area contributed by atoms with Gasteiger partial charge in [-0.15, -0.1) is 0 Å².